The predicted octanol–water partition coefficient (Wildman–Crippen LogP) is 4.99. The molecule has 2 atom stereocenters. The first-order valence-corrected chi connectivity index (χ1v) is 11.0. The number of amides is 1. The van der Waals surface area contributed by atoms with Gasteiger partial charge in [-0.25, -0.2) is 19.9 Å². The number of hydrogen-bond acceptors (Lipinski definition) is 6. The number of carbonyl (C=O) groups excluding carboxylic acids is 1. The van der Waals surface area contributed by atoms with E-state index in [4.69, 9.17) is 16.3 Å². The number of pyridine rings is 2. The van der Waals surface area contributed by atoms with Crippen LogP contribution in [0.3, 0.4) is 0 Å². The van der Waals surface area contributed by atoms with Crippen LogP contribution in [-0.4, -0.2) is 49.4 Å². The molecule has 1 aliphatic heterocycles. The third kappa shape index (κ3) is 4.96. The second-order valence-electron chi connectivity index (χ2n) is 7.97. The molecule has 7 nitrogen and oxygen atoms in total. The molecule has 1 fully saturated rings. The second-order valence-corrected chi connectivity index (χ2v) is 8.37. The van der Waals surface area contributed by atoms with Crippen molar-refractivity contribution in [1.29, 1.82) is 0 Å². The van der Waals surface area contributed by atoms with Gasteiger partial charge < -0.3 is 9.64 Å². The van der Waals surface area contributed by atoms with E-state index in [-0.39, 0.29) is 22.5 Å². The van der Waals surface area contributed by atoms with E-state index in [1.807, 2.05) is 6.92 Å². The minimum absolute atomic E-state index is 0.104. The first kappa shape index (κ1) is 23.9. The molecule has 4 rings (SSSR count). The first-order valence-electron chi connectivity index (χ1n) is 10.6. The molecule has 0 spiro atoms. The summed E-state index contributed by atoms with van der Waals surface area (Å²) in [5, 5.41) is -0.241. The highest BCUT2D eigenvalue weighted by atomic mass is 35.5. The van der Waals surface area contributed by atoms with Crippen LogP contribution in [0.2, 0.25) is 5.02 Å². The summed E-state index contributed by atoms with van der Waals surface area (Å²) in [6.45, 7) is 4.07. The molecule has 0 aliphatic carbocycles. The van der Waals surface area contributed by atoms with Crippen molar-refractivity contribution in [2.45, 2.75) is 45.0 Å². The molecule has 0 radical (unpaired) electrons. The van der Waals surface area contributed by atoms with Crippen LogP contribution in [-0.2, 0) is 6.18 Å². The first-order chi connectivity index (χ1) is 16.1. The molecule has 1 amide bonds. The minimum atomic E-state index is -4.56. The monoisotopic (exact) mass is 491 g/mol. The number of aromatic nitrogens is 4. The van der Waals surface area contributed by atoms with Gasteiger partial charge >= 0.3 is 6.18 Å². The average Bonchev–Trinajstić information content (AvgIpc) is 2.81. The molecule has 4 heterocycles. The van der Waals surface area contributed by atoms with Crippen LogP contribution < -0.4 is 4.74 Å². The molecule has 0 N–H and O–H groups in total. The van der Waals surface area contributed by atoms with E-state index in [1.165, 1.54) is 0 Å². The van der Waals surface area contributed by atoms with Crippen molar-refractivity contribution >= 4 is 17.5 Å². The fourth-order valence-electron chi connectivity index (χ4n) is 3.84. The molecule has 3 aromatic heterocycles. The Morgan fingerprint density at radius 3 is 2.62 bits per heavy atom. The largest absolute Gasteiger partial charge is 0.471 e. The van der Waals surface area contributed by atoms with Crippen LogP contribution in [0.25, 0.3) is 11.4 Å². The highest BCUT2D eigenvalue weighted by molar-refractivity contribution is 6.31. The quantitative estimate of drug-likeness (QED) is 0.511. The van der Waals surface area contributed by atoms with Crippen LogP contribution in [0.15, 0.2) is 42.9 Å². The maximum Gasteiger partial charge on any atom is 0.417 e. The van der Waals surface area contributed by atoms with E-state index in [1.54, 1.807) is 42.4 Å². The summed E-state index contributed by atoms with van der Waals surface area (Å²) in [5.74, 6) is -0.0251. The van der Waals surface area contributed by atoms with Crippen molar-refractivity contribution in [1.82, 2.24) is 24.8 Å². The van der Waals surface area contributed by atoms with Gasteiger partial charge in [0.1, 0.15) is 16.8 Å². The lowest BCUT2D eigenvalue weighted by atomic mass is 9.98. The fourth-order valence-corrected chi connectivity index (χ4v) is 4.05. The number of ether oxygens (including phenoxy) is 1. The molecule has 1 aliphatic rings. The number of piperidine rings is 1. The highest BCUT2D eigenvalue weighted by Crippen LogP contribution is 2.34. The molecule has 34 heavy (non-hydrogen) atoms. The maximum absolute atomic E-state index is 13.6. The van der Waals surface area contributed by atoms with Crippen molar-refractivity contribution < 1.29 is 22.7 Å². The summed E-state index contributed by atoms with van der Waals surface area (Å²) in [7, 11) is 0. The van der Waals surface area contributed by atoms with Gasteiger partial charge in [-0.2, -0.15) is 13.2 Å². The number of rotatable bonds is 4. The highest BCUT2D eigenvalue weighted by Gasteiger charge is 2.36. The van der Waals surface area contributed by atoms with Gasteiger partial charge in [0.15, 0.2) is 5.82 Å². The van der Waals surface area contributed by atoms with Gasteiger partial charge in [-0.1, -0.05) is 11.6 Å². The Labute approximate surface area is 199 Å². The molecule has 0 aromatic carbocycles. The molecule has 11 heteroatoms. The summed E-state index contributed by atoms with van der Waals surface area (Å²) in [6.07, 6.45) is -0.00426. The molecule has 0 saturated carbocycles. The summed E-state index contributed by atoms with van der Waals surface area (Å²) >= 11 is 6.01. The van der Waals surface area contributed by atoms with Crippen LogP contribution >= 0.6 is 11.6 Å². The van der Waals surface area contributed by atoms with Gasteiger partial charge in [-0.15, -0.1) is 0 Å². The summed E-state index contributed by atoms with van der Waals surface area (Å²) in [6, 6.07) is 5.60. The summed E-state index contributed by atoms with van der Waals surface area (Å²) < 4.78 is 44.6. The number of hydrogen-bond donors (Lipinski definition) is 0. The van der Waals surface area contributed by atoms with Crippen molar-refractivity contribution in [2.24, 2.45) is 0 Å². The zero-order valence-corrected chi connectivity index (χ0v) is 19.1. The van der Waals surface area contributed by atoms with Gasteiger partial charge in [0.2, 0.25) is 5.88 Å². The van der Waals surface area contributed by atoms with Gasteiger partial charge in [-0.05, 0) is 51.0 Å². The Morgan fingerprint density at radius 1 is 1.21 bits per heavy atom. The molecule has 3 aromatic rings. The van der Waals surface area contributed by atoms with Crippen LogP contribution in [0.1, 0.15) is 41.5 Å². The maximum atomic E-state index is 13.6. The smallest absolute Gasteiger partial charge is 0.417 e. The topological polar surface area (TPSA) is 81.1 Å². The van der Waals surface area contributed by atoms with Crippen LogP contribution in [0, 0.1) is 6.92 Å². The van der Waals surface area contributed by atoms with E-state index in [0.717, 1.165) is 6.07 Å². The second kappa shape index (κ2) is 9.54. The summed E-state index contributed by atoms with van der Waals surface area (Å²) in [5.41, 5.74) is 0.448. The third-order valence-electron chi connectivity index (χ3n) is 5.62. The average molecular weight is 492 g/mol. The number of halogens is 4. The SMILES string of the molecule is Cc1ccc(-c2ncccn2)c(C(=O)N2CCCC(Oc3ncc(C(F)(F)F)cc3Cl)C2C)n1. The van der Waals surface area contributed by atoms with Gasteiger partial charge in [-0.3, -0.25) is 4.79 Å². The normalized spacial score (nSPS) is 18.6. The third-order valence-corrected chi connectivity index (χ3v) is 5.89. The number of likely N-dealkylation sites (tertiary alicyclic amines) is 1. The lowest BCUT2D eigenvalue weighted by Crippen LogP contribution is -2.51. The Morgan fingerprint density at radius 2 is 1.94 bits per heavy atom. The van der Waals surface area contributed by atoms with Gasteiger partial charge in [0.05, 0.1) is 17.2 Å². The number of carbonyl (C=O) groups is 1. The van der Waals surface area contributed by atoms with E-state index < -0.39 is 23.9 Å². The van der Waals surface area contributed by atoms with Crippen molar-refractivity contribution in [3.05, 3.63) is 64.8 Å². The Hall–Kier alpha value is -3.27. The van der Waals surface area contributed by atoms with E-state index >= 15 is 0 Å². The molecule has 178 valence electrons. The number of aryl methyl sites for hydroxylation is 1. The van der Waals surface area contributed by atoms with Crippen molar-refractivity contribution in [2.75, 3.05) is 6.54 Å². The number of alkyl halides is 3. The lowest BCUT2D eigenvalue weighted by Gasteiger charge is -2.39. The molecule has 2 unspecified atom stereocenters. The van der Waals surface area contributed by atoms with E-state index in [0.29, 0.717) is 42.7 Å². The standard InChI is InChI=1S/C23H21ClF3N5O2/c1-13-6-7-16(20-28-8-4-9-29-20)19(31-13)22(33)32-10-3-5-18(14(32)2)34-21-17(24)11-15(12-30-21)23(25,26)27/h4,6-9,11-12,14,18H,3,5,10H2,1-2H3. The van der Waals surface area contributed by atoms with Crippen LogP contribution in [0.5, 0.6) is 5.88 Å². The fraction of sp³-hybridized carbons (Fsp3) is 0.348. The molecule has 1 saturated heterocycles. The van der Waals surface area contributed by atoms with E-state index in [9.17, 15) is 18.0 Å². The van der Waals surface area contributed by atoms with Crippen LogP contribution in [0.4, 0.5) is 13.2 Å². The van der Waals surface area contributed by atoms with Crippen molar-refractivity contribution in [3.63, 3.8) is 0 Å². The molecule has 0 bridgehead atoms. The molecular weight excluding hydrogens is 471 g/mol. The lowest BCUT2D eigenvalue weighted by molar-refractivity contribution is -0.137. The zero-order valence-electron chi connectivity index (χ0n) is 18.4. The Bertz CT molecular complexity index is 1190. The summed E-state index contributed by atoms with van der Waals surface area (Å²) in [4.78, 5) is 31.9. The van der Waals surface area contributed by atoms with E-state index in [2.05, 4.69) is 19.9 Å². The minimum Gasteiger partial charge on any atom is -0.471 e. The van der Waals surface area contributed by atoms with Gasteiger partial charge in [0, 0.05) is 30.8 Å². The predicted molar refractivity (Wildman–Crippen MR) is 118 cm³/mol. The Kier molecular flexibility index (Phi) is 6.70. The van der Waals surface area contributed by atoms with Crippen molar-refractivity contribution in [3.8, 4) is 17.3 Å². The zero-order chi connectivity index (χ0) is 24.5. The number of nitrogens with zero attached hydrogens (tertiary/aromatic N) is 5. The van der Waals surface area contributed by atoms with Gasteiger partial charge in [0.25, 0.3) is 5.91 Å². The molecular formula is C23H21ClF3N5O2. The Balaban J connectivity index is 1.58.